The Bertz CT molecular complexity index is 1180. The Labute approximate surface area is 246 Å². The Morgan fingerprint density at radius 3 is 2.33 bits per heavy atom. The lowest BCUT2D eigenvalue weighted by Crippen LogP contribution is -2.22. The Morgan fingerprint density at radius 2 is 1.70 bits per heavy atom. The highest BCUT2D eigenvalue weighted by molar-refractivity contribution is 6.34. The molecule has 0 saturated carbocycles. The fourth-order valence-corrected chi connectivity index (χ4v) is 4.85. The molecule has 7 nitrogen and oxygen atoms in total. The molecule has 0 aromatic heterocycles. The van der Waals surface area contributed by atoms with Crippen molar-refractivity contribution in [1.82, 2.24) is 0 Å². The number of carboxylic acids is 1. The average molecular weight is 590 g/mol. The maximum Gasteiger partial charge on any atom is 0.311 e. The third-order valence-corrected chi connectivity index (χ3v) is 7.21. The second-order valence-electron chi connectivity index (χ2n) is 9.65. The lowest BCUT2D eigenvalue weighted by Gasteiger charge is -2.19. The SMILES string of the molecule is CCCCC/C=C\C/C=C\CCCCC(Cl)CC(C(=O)O)c1ccccc1C(=O)Nc1ccc([N+](=O)[O-])cc1Cl. The van der Waals surface area contributed by atoms with Crippen LogP contribution >= 0.6 is 23.2 Å². The van der Waals surface area contributed by atoms with E-state index >= 15 is 0 Å². The van der Waals surface area contributed by atoms with Gasteiger partial charge in [0, 0.05) is 23.1 Å². The maximum absolute atomic E-state index is 13.1. The van der Waals surface area contributed by atoms with E-state index in [0.717, 1.165) is 38.2 Å². The summed E-state index contributed by atoms with van der Waals surface area (Å²) in [6, 6.07) is 10.2. The predicted octanol–water partition coefficient (Wildman–Crippen LogP) is 9.31. The lowest BCUT2D eigenvalue weighted by atomic mass is 9.89. The molecule has 0 spiro atoms. The molecule has 2 unspecified atom stereocenters. The molecule has 2 N–H and O–H groups in total. The number of nitrogens with zero attached hydrogens (tertiary/aromatic N) is 1. The number of hydrogen-bond acceptors (Lipinski definition) is 4. The number of carboxylic acid groups (broad SMARTS) is 1. The van der Waals surface area contributed by atoms with Crippen molar-refractivity contribution in [3.63, 3.8) is 0 Å². The summed E-state index contributed by atoms with van der Waals surface area (Å²) in [6.07, 6.45) is 18.2. The van der Waals surface area contributed by atoms with Gasteiger partial charge < -0.3 is 10.4 Å². The quantitative estimate of drug-likeness (QED) is 0.0592. The first-order valence-corrected chi connectivity index (χ1v) is 14.6. The first kappa shape index (κ1) is 33.0. The molecule has 0 fully saturated rings. The number of carbonyl (C=O) groups is 2. The molecular formula is C31H38Cl2N2O5. The summed E-state index contributed by atoms with van der Waals surface area (Å²) in [5.41, 5.74) is 0.509. The van der Waals surface area contributed by atoms with Gasteiger partial charge in [-0.25, -0.2) is 0 Å². The molecule has 2 rings (SSSR count). The molecule has 2 aromatic rings. The zero-order chi connectivity index (χ0) is 29.3. The Morgan fingerprint density at radius 1 is 1.02 bits per heavy atom. The molecule has 0 heterocycles. The molecule has 2 aromatic carbocycles. The minimum absolute atomic E-state index is 0.00403. The van der Waals surface area contributed by atoms with Crippen molar-refractivity contribution in [2.45, 2.75) is 82.4 Å². The number of nitro groups is 1. The molecule has 40 heavy (non-hydrogen) atoms. The summed E-state index contributed by atoms with van der Waals surface area (Å²) in [7, 11) is 0. The van der Waals surface area contributed by atoms with Gasteiger partial charge in [-0.3, -0.25) is 19.7 Å². The van der Waals surface area contributed by atoms with Gasteiger partial charge in [-0.1, -0.05) is 80.3 Å². The minimum Gasteiger partial charge on any atom is -0.481 e. The highest BCUT2D eigenvalue weighted by Gasteiger charge is 2.27. The summed E-state index contributed by atoms with van der Waals surface area (Å²) in [5.74, 6) is -2.60. The van der Waals surface area contributed by atoms with E-state index in [2.05, 4.69) is 36.5 Å². The Balaban J connectivity index is 1.91. The number of hydrogen-bond donors (Lipinski definition) is 2. The van der Waals surface area contributed by atoms with E-state index in [-0.39, 0.29) is 33.8 Å². The van der Waals surface area contributed by atoms with Crippen LogP contribution in [0.25, 0.3) is 0 Å². The van der Waals surface area contributed by atoms with Crippen molar-refractivity contribution in [2.75, 3.05) is 5.32 Å². The van der Waals surface area contributed by atoms with Crippen LogP contribution in [-0.2, 0) is 4.79 Å². The normalized spacial score (nSPS) is 13.0. The number of non-ortho nitro benzene ring substituents is 1. The minimum atomic E-state index is -1.06. The van der Waals surface area contributed by atoms with E-state index in [4.69, 9.17) is 23.2 Å². The molecular weight excluding hydrogens is 551 g/mol. The van der Waals surface area contributed by atoms with Crippen LogP contribution in [0.2, 0.25) is 5.02 Å². The van der Waals surface area contributed by atoms with Crippen LogP contribution in [0.1, 0.15) is 93.0 Å². The highest BCUT2D eigenvalue weighted by Crippen LogP contribution is 2.31. The van der Waals surface area contributed by atoms with Crippen LogP contribution < -0.4 is 5.32 Å². The van der Waals surface area contributed by atoms with E-state index in [1.54, 1.807) is 18.2 Å². The van der Waals surface area contributed by atoms with Gasteiger partial charge in [0.15, 0.2) is 0 Å². The molecule has 0 aliphatic carbocycles. The maximum atomic E-state index is 13.1. The van der Waals surface area contributed by atoms with Crippen molar-refractivity contribution < 1.29 is 19.6 Å². The summed E-state index contributed by atoms with van der Waals surface area (Å²) < 4.78 is 0. The largest absolute Gasteiger partial charge is 0.481 e. The number of nitro benzene ring substituents is 1. The van der Waals surface area contributed by atoms with Gasteiger partial charge in [0.25, 0.3) is 11.6 Å². The van der Waals surface area contributed by atoms with Gasteiger partial charge in [-0.15, -0.1) is 11.6 Å². The van der Waals surface area contributed by atoms with Crippen LogP contribution in [-0.4, -0.2) is 27.3 Å². The van der Waals surface area contributed by atoms with Crippen LogP contribution in [0.4, 0.5) is 11.4 Å². The molecule has 0 bridgehead atoms. The zero-order valence-electron chi connectivity index (χ0n) is 22.9. The number of alkyl halides is 1. The Kier molecular flexibility index (Phi) is 15.1. The number of rotatable bonds is 18. The molecule has 2 atom stereocenters. The van der Waals surface area contributed by atoms with Gasteiger partial charge in [0.05, 0.1) is 21.6 Å². The summed E-state index contributed by atoms with van der Waals surface area (Å²) >= 11 is 12.7. The van der Waals surface area contributed by atoms with Crippen molar-refractivity contribution in [1.29, 1.82) is 0 Å². The molecule has 0 saturated heterocycles. The average Bonchev–Trinajstić information content (AvgIpc) is 2.93. The number of unbranched alkanes of at least 4 members (excludes halogenated alkanes) is 5. The van der Waals surface area contributed by atoms with E-state index < -0.39 is 22.7 Å². The van der Waals surface area contributed by atoms with Crippen LogP contribution in [0.3, 0.4) is 0 Å². The zero-order valence-corrected chi connectivity index (χ0v) is 24.4. The molecule has 0 aliphatic rings. The van der Waals surface area contributed by atoms with Gasteiger partial charge in [-0.05, 0) is 62.6 Å². The predicted molar refractivity (Wildman–Crippen MR) is 163 cm³/mol. The van der Waals surface area contributed by atoms with E-state index in [0.29, 0.717) is 12.0 Å². The monoisotopic (exact) mass is 588 g/mol. The number of aliphatic carboxylic acids is 1. The van der Waals surface area contributed by atoms with Crippen molar-refractivity contribution in [3.05, 3.63) is 93.0 Å². The van der Waals surface area contributed by atoms with E-state index in [1.165, 1.54) is 37.5 Å². The molecule has 0 radical (unpaired) electrons. The molecule has 216 valence electrons. The van der Waals surface area contributed by atoms with Gasteiger partial charge in [-0.2, -0.15) is 0 Å². The number of anilines is 1. The summed E-state index contributed by atoms with van der Waals surface area (Å²) in [4.78, 5) is 35.6. The Hall–Kier alpha value is -3.16. The smallest absolute Gasteiger partial charge is 0.311 e. The standard InChI is InChI=1S/C31H38Cl2N2O5/c1-2-3-4-5-6-7-8-9-10-11-12-13-16-23(32)21-27(31(37)38)25-17-14-15-18-26(25)30(36)34-29-20-19-24(35(39)40)22-28(29)33/h6-7,9-10,14-15,17-20,22-23,27H,2-5,8,11-13,16,21H2,1H3,(H,34,36)(H,37,38)/b7-6-,10-9-. The third-order valence-electron chi connectivity index (χ3n) is 6.50. The highest BCUT2D eigenvalue weighted by atomic mass is 35.5. The summed E-state index contributed by atoms with van der Waals surface area (Å²) in [5, 5.41) is 23.2. The fraction of sp³-hybridized carbons (Fsp3) is 0.419. The molecule has 1 amide bonds. The molecule has 9 heteroatoms. The number of nitrogens with one attached hydrogen (secondary N) is 1. The second-order valence-corrected chi connectivity index (χ2v) is 10.7. The lowest BCUT2D eigenvalue weighted by molar-refractivity contribution is -0.384. The van der Waals surface area contributed by atoms with Crippen LogP contribution in [0.15, 0.2) is 66.8 Å². The number of allylic oxidation sites excluding steroid dienone is 4. The van der Waals surface area contributed by atoms with Gasteiger partial charge >= 0.3 is 5.97 Å². The first-order valence-electron chi connectivity index (χ1n) is 13.8. The van der Waals surface area contributed by atoms with Crippen molar-refractivity contribution in [3.8, 4) is 0 Å². The topological polar surface area (TPSA) is 110 Å². The van der Waals surface area contributed by atoms with Crippen molar-refractivity contribution >= 4 is 46.5 Å². The van der Waals surface area contributed by atoms with Gasteiger partial charge in [0.2, 0.25) is 0 Å². The van der Waals surface area contributed by atoms with Crippen molar-refractivity contribution in [2.24, 2.45) is 0 Å². The third kappa shape index (κ3) is 11.5. The second kappa shape index (κ2) is 18.2. The first-order chi connectivity index (χ1) is 19.2. The number of carbonyl (C=O) groups excluding carboxylic acids is 1. The van der Waals surface area contributed by atoms with Crippen LogP contribution in [0, 0.1) is 10.1 Å². The van der Waals surface area contributed by atoms with Crippen LogP contribution in [0.5, 0.6) is 0 Å². The summed E-state index contributed by atoms with van der Waals surface area (Å²) in [6.45, 7) is 2.20. The number of halogens is 2. The van der Waals surface area contributed by atoms with E-state index in [9.17, 15) is 24.8 Å². The van der Waals surface area contributed by atoms with E-state index in [1.807, 2.05) is 0 Å². The molecule has 0 aliphatic heterocycles. The fourth-order valence-electron chi connectivity index (χ4n) is 4.30. The number of amides is 1. The van der Waals surface area contributed by atoms with Gasteiger partial charge in [0.1, 0.15) is 0 Å². The number of benzene rings is 2.